The van der Waals surface area contributed by atoms with Crippen LogP contribution in [0.2, 0.25) is 0 Å². The van der Waals surface area contributed by atoms with Crippen LogP contribution in [0.1, 0.15) is 54.4 Å². The van der Waals surface area contributed by atoms with Crippen molar-refractivity contribution in [1.29, 1.82) is 0 Å². The number of ether oxygens (including phenoxy) is 2. The van der Waals surface area contributed by atoms with E-state index < -0.39 is 12.3 Å². The summed E-state index contributed by atoms with van der Waals surface area (Å²) in [4.78, 5) is 27.2. The smallest absolute Gasteiger partial charge is 0.303 e. The number of aryl methyl sites for hydroxylation is 1. The summed E-state index contributed by atoms with van der Waals surface area (Å²) in [6.45, 7) is 2.44. The quantitative estimate of drug-likeness (QED) is 0.175. The van der Waals surface area contributed by atoms with E-state index in [1.165, 1.54) is 0 Å². The first-order valence-corrected chi connectivity index (χ1v) is 15.6. The summed E-state index contributed by atoms with van der Waals surface area (Å²) in [5, 5.41) is 22.1. The lowest BCUT2D eigenvalue weighted by atomic mass is 9.91. The molecule has 0 bridgehead atoms. The second-order valence-electron chi connectivity index (χ2n) is 10.9. The molecule has 3 N–H and O–H groups in total. The Kier molecular flexibility index (Phi) is 10.5. The van der Waals surface area contributed by atoms with Crippen LogP contribution >= 0.6 is 11.8 Å². The predicted molar refractivity (Wildman–Crippen MR) is 167 cm³/mol. The molecule has 0 radical (unpaired) electrons. The van der Waals surface area contributed by atoms with Crippen molar-refractivity contribution < 1.29 is 29.3 Å². The maximum atomic E-state index is 12.0. The van der Waals surface area contributed by atoms with Crippen LogP contribution in [0.5, 0.6) is 0 Å². The predicted octanol–water partition coefficient (Wildman–Crippen LogP) is 5.64. The van der Waals surface area contributed by atoms with Crippen molar-refractivity contribution >= 4 is 23.6 Å². The molecule has 1 fully saturated rings. The fraction of sp³-hybridized carbons (Fsp3) is 0.324. The number of carbonyl (C=O) groups excluding carboxylic acids is 1. The summed E-state index contributed by atoms with van der Waals surface area (Å²) in [5.74, 6) is -0.523. The molecular weight excluding hydrogens is 578 g/mol. The number of aliphatic hydroxyl groups is 1. The second kappa shape index (κ2) is 14.7. The molecule has 0 spiro atoms. The van der Waals surface area contributed by atoms with Gasteiger partial charge in [-0.1, -0.05) is 79.3 Å². The molecule has 230 valence electrons. The van der Waals surface area contributed by atoms with Crippen LogP contribution < -0.4 is 5.32 Å². The van der Waals surface area contributed by atoms with E-state index in [4.69, 9.17) is 14.6 Å². The van der Waals surface area contributed by atoms with E-state index in [2.05, 4.69) is 23.3 Å². The highest BCUT2D eigenvalue weighted by Gasteiger charge is 2.38. The van der Waals surface area contributed by atoms with Crippen LogP contribution in [0.3, 0.4) is 0 Å². The van der Waals surface area contributed by atoms with Gasteiger partial charge in [-0.2, -0.15) is 0 Å². The van der Waals surface area contributed by atoms with E-state index in [1.807, 2.05) is 84.5 Å². The number of carbonyl (C=O) groups is 2. The number of aromatic nitrogens is 2. The van der Waals surface area contributed by atoms with E-state index in [-0.39, 0.29) is 43.5 Å². The first-order chi connectivity index (χ1) is 21.3. The number of hydrogen-bond acceptors (Lipinski definition) is 7. The summed E-state index contributed by atoms with van der Waals surface area (Å²) in [7, 11) is 1.98. The van der Waals surface area contributed by atoms with Crippen LogP contribution in [0.15, 0.2) is 90.3 Å². The molecule has 1 amide bonds. The summed E-state index contributed by atoms with van der Waals surface area (Å²) in [5.41, 5.74) is 5.64. The zero-order valence-corrected chi connectivity index (χ0v) is 25.6. The minimum atomic E-state index is -0.994. The van der Waals surface area contributed by atoms with E-state index in [0.29, 0.717) is 12.3 Å². The molecule has 1 aliphatic rings. The van der Waals surface area contributed by atoms with Gasteiger partial charge in [0, 0.05) is 49.6 Å². The van der Waals surface area contributed by atoms with E-state index in [9.17, 15) is 14.7 Å². The number of aliphatic carboxylic acids is 1. The molecule has 4 atom stereocenters. The first-order valence-electron chi connectivity index (χ1n) is 14.6. The number of amides is 1. The average Bonchev–Trinajstić information content (AvgIpc) is 3.46. The monoisotopic (exact) mass is 615 g/mol. The van der Waals surface area contributed by atoms with Crippen molar-refractivity contribution in [2.75, 3.05) is 5.75 Å². The fourth-order valence-corrected chi connectivity index (χ4v) is 6.29. The SMILES string of the molecule is C[C@H]1[C@@H](CSc2nccn2C)O[C@@H](c2cccc(-c3cccc(CNC(=O)CCC(=O)O)c3)c2)O[C@H]1c1ccc(CO)cc1. The van der Waals surface area contributed by atoms with Crippen molar-refractivity contribution in [1.82, 2.24) is 14.9 Å². The number of carboxylic acid groups (broad SMARTS) is 1. The van der Waals surface area contributed by atoms with Gasteiger partial charge < -0.3 is 29.6 Å². The van der Waals surface area contributed by atoms with Gasteiger partial charge in [-0.25, -0.2) is 4.98 Å². The Morgan fingerprint density at radius 2 is 1.70 bits per heavy atom. The molecule has 9 nitrogen and oxygen atoms in total. The third kappa shape index (κ3) is 7.95. The molecule has 44 heavy (non-hydrogen) atoms. The highest BCUT2D eigenvalue weighted by atomic mass is 32.2. The van der Waals surface area contributed by atoms with Gasteiger partial charge in [-0.15, -0.1) is 0 Å². The Morgan fingerprint density at radius 3 is 2.41 bits per heavy atom. The molecule has 1 aliphatic heterocycles. The third-order valence-corrected chi connectivity index (χ3v) is 8.90. The Balaban J connectivity index is 1.36. The Hall–Kier alpha value is -3.96. The maximum Gasteiger partial charge on any atom is 0.303 e. The number of aliphatic hydroxyl groups excluding tert-OH is 1. The number of thioether (sulfide) groups is 1. The van der Waals surface area contributed by atoms with Crippen LogP contribution in [-0.2, 0) is 39.3 Å². The maximum absolute atomic E-state index is 12.0. The zero-order valence-electron chi connectivity index (χ0n) is 24.8. The van der Waals surface area contributed by atoms with Crippen molar-refractivity contribution in [2.24, 2.45) is 13.0 Å². The van der Waals surface area contributed by atoms with E-state index in [0.717, 1.165) is 38.5 Å². The average molecular weight is 616 g/mol. The van der Waals surface area contributed by atoms with Crippen LogP contribution in [0, 0.1) is 5.92 Å². The number of nitrogens with one attached hydrogen (secondary N) is 1. The van der Waals surface area contributed by atoms with Crippen molar-refractivity contribution in [3.8, 4) is 11.1 Å². The van der Waals surface area contributed by atoms with Gasteiger partial charge >= 0.3 is 5.97 Å². The molecule has 2 heterocycles. The van der Waals surface area contributed by atoms with Gasteiger partial charge in [0.2, 0.25) is 5.91 Å². The van der Waals surface area contributed by atoms with Gasteiger partial charge in [0.25, 0.3) is 0 Å². The lowest BCUT2D eigenvalue weighted by Gasteiger charge is -2.41. The van der Waals surface area contributed by atoms with Crippen LogP contribution in [0.25, 0.3) is 11.1 Å². The number of nitrogens with zero attached hydrogens (tertiary/aromatic N) is 2. The third-order valence-electron chi connectivity index (χ3n) is 7.75. The minimum absolute atomic E-state index is 0.0128. The molecule has 0 aliphatic carbocycles. The first kappa shape index (κ1) is 31.5. The number of rotatable bonds is 12. The van der Waals surface area contributed by atoms with Gasteiger partial charge in [0.1, 0.15) is 0 Å². The topological polar surface area (TPSA) is 123 Å². The van der Waals surface area contributed by atoms with Gasteiger partial charge in [-0.05, 0) is 39.9 Å². The Morgan fingerprint density at radius 1 is 0.955 bits per heavy atom. The van der Waals surface area contributed by atoms with Crippen LogP contribution in [-0.4, -0.2) is 43.5 Å². The molecule has 3 aromatic carbocycles. The summed E-state index contributed by atoms with van der Waals surface area (Å²) in [6.07, 6.45) is 2.54. The van der Waals surface area contributed by atoms with Gasteiger partial charge in [0.05, 0.1) is 25.2 Å². The van der Waals surface area contributed by atoms with Gasteiger partial charge in [0.15, 0.2) is 11.4 Å². The Bertz CT molecular complexity index is 1570. The van der Waals surface area contributed by atoms with Crippen molar-refractivity contribution in [3.63, 3.8) is 0 Å². The highest BCUT2D eigenvalue weighted by Crippen LogP contribution is 2.43. The number of carboxylic acids is 1. The van der Waals surface area contributed by atoms with E-state index >= 15 is 0 Å². The molecule has 4 aromatic rings. The number of benzene rings is 3. The summed E-state index contributed by atoms with van der Waals surface area (Å²) in [6, 6.07) is 23.9. The van der Waals surface area contributed by atoms with Crippen molar-refractivity contribution in [2.45, 2.75) is 56.6 Å². The Labute approximate surface area is 261 Å². The molecule has 1 saturated heterocycles. The van der Waals surface area contributed by atoms with Crippen molar-refractivity contribution in [3.05, 3.63) is 107 Å². The zero-order chi connectivity index (χ0) is 31.1. The highest BCUT2D eigenvalue weighted by molar-refractivity contribution is 7.99. The number of imidazole rings is 1. The van der Waals surface area contributed by atoms with E-state index in [1.54, 1.807) is 18.0 Å². The summed E-state index contributed by atoms with van der Waals surface area (Å²) >= 11 is 1.66. The standard InChI is InChI=1S/C34H37N3O6S/c1-22-29(21-44-34-35-15-16-37(34)2)42-33(43-32(22)25-11-9-23(20-38)10-12-25)28-8-4-7-27(18-28)26-6-3-5-24(17-26)19-36-30(39)13-14-31(40)41/h3-12,15-18,22,29,32-33,38H,13-14,19-21H2,1-2H3,(H,36,39)(H,40,41)/t22-,29+,32+,33+/m0/s1. The molecular formula is C34H37N3O6S. The fourth-order valence-electron chi connectivity index (χ4n) is 5.19. The van der Waals surface area contributed by atoms with Crippen LogP contribution in [0.4, 0.5) is 0 Å². The summed E-state index contributed by atoms with van der Waals surface area (Å²) < 4.78 is 15.3. The lowest BCUT2D eigenvalue weighted by molar-refractivity contribution is -0.268. The molecule has 0 saturated carbocycles. The second-order valence-corrected chi connectivity index (χ2v) is 11.9. The molecule has 5 rings (SSSR count). The normalized spacial score (nSPS) is 19.9. The molecule has 1 aromatic heterocycles. The van der Waals surface area contributed by atoms with Gasteiger partial charge in [-0.3, -0.25) is 9.59 Å². The number of hydrogen-bond donors (Lipinski definition) is 3. The molecule has 0 unspecified atom stereocenters. The lowest BCUT2D eigenvalue weighted by Crippen LogP contribution is -2.38. The molecule has 10 heteroatoms. The largest absolute Gasteiger partial charge is 0.481 e. The minimum Gasteiger partial charge on any atom is -0.481 e.